The third-order valence-electron chi connectivity index (χ3n) is 3.20. The van der Waals surface area contributed by atoms with Crippen LogP contribution < -0.4 is 5.73 Å². The molecular formula is C16H13FN2. The minimum absolute atomic E-state index is 0.257. The van der Waals surface area contributed by atoms with Crippen LogP contribution in [0.3, 0.4) is 0 Å². The van der Waals surface area contributed by atoms with Gasteiger partial charge in [-0.05, 0) is 35.4 Å². The number of nitrogens with zero attached hydrogens (tertiary/aromatic N) is 1. The highest BCUT2D eigenvalue weighted by atomic mass is 19.1. The average Bonchev–Trinajstić information content (AvgIpc) is 2.47. The van der Waals surface area contributed by atoms with Crippen molar-refractivity contribution in [3.05, 3.63) is 77.7 Å². The molecule has 1 atom stereocenters. The quantitative estimate of drug-likeness (QED) is 0.759. The van der Waals surface area contributed by atoms with Gasteiger partial charge in [-0.15, -0.1) is 0 Å². The van der Waals surface area contributed by atoms with E-state index in [4.69, 9.17) is 5.73 Å². The van der Waals surface area contributed by atoms with E-state index in [1.165, 1.54) is 12.1 Å². The van der Waals surface area contributed by atoms with Gasteiger partial charge in [-0.25, -0.2) is 4.39 Å². The fourth-order valence-corrected chi connectivity index (χ4v) is 2.12. The highest BCUT2D eigenvalue weighted by Gasteiger charge is 2.10. The van der Waals surface area contributed by atoms with Crippen molar-refractivity contribution >= 4 is 10.9 Å². The van der Waals surface area contributed by atoms with Gasteiger partial charge < -0.3 is 5.73 Å². The zero-order valence-electron chi connectivity index (χ0n) is 10.3. The molecule has 0 aliphatic heterocycles. The Morgan fingerprint density at radius 2 is 1.68 bits per heavy atom. The van der Waals surface area contributed by atoms with Crippen LogP contribution in [-0.2, 0) is 0 Å². The van der Waals surface area contributed by atoms with E-state index in [9.17, 15) is 4.39 Å². The highest BCUT2D eigenvalue weighted by Crippen LogP contribution is 2.22. The summed E-state index contributed by atoms with van der Waals surface area (Å²) >= 11 is 0. The number of para-hydroxylation sites is 1. The number of benzene rings is 2. The molecule has 2 N–H and O–H groups in total. The molecular weight excluding hydrogens is 239 g/mol. The van der Waals surface area contributed by atoms with E-state index < -0.39 is 0 Å². The highest BCUT2D eigenvalue weighted by molar-refractivity contribution is 5.78. The Bertz CT molecular complexity index is 707. The number of halogens is 1. The number of nitrogens with two attached hydrogens (primary N) is 1. The number of fused-ring (bicyclic) bond motifs is 1. The molecule has 0 radical (unpaired) electrons. The van der Waals surface area contributed by atoms with Gasteiger partial charge in [0.1, 0.15) is 5.82 Å². The van der Waals surface area contributed by atoms with E-state index in [1.54, 1.807) is 18.3 Å². The van der Waals surface area contributed by atoms with Crippen LogP contribution in [-0.4, -0.2) is 4.98 Å². The summed E-state index contributed by atoms with van der Waals surface area (Å²) in [5.74, 6) is -0.257. The maximum atomic E-state index is 12.9. The summed E-state index contributed by atoms with van der Waals surface area (Å²) in [7, 11) is 0. The topological polar surface area (TPSA) is 38.9 Å². The van der Waals surface area contributed by atoms with Crippen molar-refractivity contribution in [3.63, 3.8) is 0 Å². The second-order valence-electron chi connectivity index (χ2n) is 4.49. The standard InChI is InChI=1S/C16H13FN2/c17-14-7-5-11(6-8-14)16(18)13-9-12-3-1-2-4-15(12)19-10-13/h1-10,16H,18H2/t16-/m1/s1. The maximum absolute atomic E-state index is 12.9. The number of aromatic nitrogens is 1. The maximum Gasteiger partial charge on any atom is 0.123 e. The summed E-state index contributed by atoms with van der Waals surface area (Å²) in [4.78, 5) is 4.39. The van der Waals surface area contributed by atoms with Crippen LogP contribution in [0.1, 0.15) is 17.2 Å². The van der Waals surface area contributed by atoms with Crippen molar-refractivity contribution < 1.29 is 4.39 Å². The van der Waals surface area contributed by atoms with Crippen molar-refractivity contribution in [2.75, 3.05) is 0 Å². The molecule has 3 heteroatoms. The first kappa shape index (κ1) is 11.8. The van der Waals surface area contributed by atoms with Crippen molar-refractivity contribution in [1.29, 1.82) is 0 Å². The van der Waals surface area contributed by atoms with E-state index in [2.05, 4.69) is 4.98 Å². The first-order valence-electron chi connectivity index (χ1n) is 6.10. The van der Waals surface area contributed by atoms with Gasteiger partial charge >= 0.3 is 0 Å². The Morgan fingerprint density at radius 1 is 0.947 bits per heavy atom. The molecule has 0 aliphatic carbocycles. The predicted octanol–water partition coefficient (Wildman–Crippen LogP) is 3.42. The summed E-state index contributed by atoms with van der Waals surface area (Å²) in [6.07, 6.45) is 1.77. The largest absolute Gasteiger partial charge is 0.320 e. The molecule has 19 heavy (non-hydrogen) atoms. The zero-order chi connectivity index (χ0) is 13.2. The molecule has 94 valence electrons. The van der Waals surface area contributed by atoms with Gasteiger partial charge in [0.05, 0.1) is 11.6 Å². The van der Waals surface area contributed by atoms with Gasteiger partial charge in [-0.3, -0.25) is 4.98 Å². The molecule has 0 saturated carbocycles. The van der Waals surface area contributed by atoms with Crippen molar-refractivity contribution in [1.82, 2.24) is 4.98 Å². The smallest absolute Gasteiger partial charge is 0.123 e. The third kappa shape index (κ3) is 2.33. The van der Waals surface area contributed by atoms with Crippen LogP contribution in [0.2, 0.25) is 0 Å². The lowest BCUT2D eigenvalue weighted by Crippen LogP contribution is -2.12. The SMILES string of the molecule is N[C@H](c1ccc(F)cc1)c1cnc2ccccc2c1. The second-order valence-corrected chi connectivity index (χ2v) is 4.49. The first-order valence-corrected chi connectivity index (χ1v) is 6.10. The van der Waals surface area contributed by atoms with Crippen LogP contribution in [0, 0.1) is 5.82 Å². The Morgan fingerprint density at radius 3 is 2.47 bits per heavy atom. The van der Waals surface area contributed by atoms with Crippen molar-refractivity contribution in [2.45, 2.75) is 6.04 Å². The first-order chi connectivity index (χ1) is 9.24. The molecule has 1 aromatic heterocycles. The second kappa shape index (κ2) is 4.78. The Balaban J connectivity index is 2.01. The lowest BCUT2D eigenvalue weighted by molar-refractivity contribution is 0.626. The van der Waals surface area contributed by atoms with Crippen molar-refractivity contribution in [3.8, 4) is 0 Å². The summed E-state index contributed by atoms with van der Waals surface area (Å²) in [6, 6.07) is 15.9. The molecule has 2 nitrogen and oxygen atoms in total. The number of rotatable bonds is 2. The lowest BCUT2D eigenvalue weighted by Gasteiger charge is -2.12. The van der Waals surface area contributed by atoms with Crippen molar-refractivity contribution in [2.24, 2.45) is 5.73 Å². The monoisotopic (exact) mass is 252 g/mol. The van der Waals surface area contributed by atoms with Gasteiger partial charge in [0, 0.05) is 11.6 Å². The minimum Gasteiger partial charge on any atom is -0.320 e. The average molecular weight is 252 g/mol. The van der Waals surface area contributed by atoms with Gasteiger partial charge in [-0.1, -0.05) is 30.3 Å². The Labute approximate surface area is 110 Å². The Hall–Kier alpha value is -2.26. The third-order valence-corrected chi connectivity index (χ3v) is 3.20. The van der Waals surface area contributed by atoms with Gasteiger partial charge in [0.2, 0.25) is 0 Å². The fraction of sp³-hybridized carbons (Fsp3) is 0.0625. The molecule has 0 spiro atoms. The van der Waals surface area contributed by atoms with Gasteiger partial charge in [0.25, 0.3) is 0 Å². The summed E-state index contributed by atoms with van der Waals surface area (Å²) in [5.41, 5.74) is 8.93. The van der Waals surface area contributed by atoms with E-state index >= 15 is 0 Å². The molecule has 1 heterocycles. The molecule has 3 rings (SSSR count). The van der Waals surface area contributed by atoms with E-state index in [1.807, 2.05) is 30.3 Å². The predicted molar refractivity (Wildman–Crippen MR) is 74.2 cm³/mol. The number of hydrogen-bond acceptors (Lipinski definition) is 2. The zero-order valence-corrected chi connectivity index (χ0v) is 10.3. The molecule has 0 amide bonds. The minimum atomic E-state index is -0.294. The molecule has 0 bridgehead atoms. The molecule has 0 unspecified atom stereocenters. The summed E-state index contributed by atoms with van der Waals surface area (Å²) in [6.45, 7) is 0. The van der Waals surface area contributed by atoms with Gasteiger partial charge in [0.15, 0.2) is 0 Å². The molecule has 0 fully saturated rings. The number of hydrogen-bond donors (Lipinski definition) is 1. The fourth-order valence-electron chi connectivity index (χ4n) is 2.12. The molecule has 2 aromatic carbocycles. The van der Waals surface area contributed by atoms with E-state index in [-0.39, 0.29) is 11.9 Å². The van der Waals surface area contributed by atoms with Crippen LogP contribution in [0.25, 0.3) is 10.9 Å². The lowest BCUT2D eigenvalue weighted by atomic mass is 10.00. The molecule has 3 aromatic rings. The van der Waals surface area contributed by atoms with Crippen LogP contribution in [0.15, 0.2) is 60.8 Å². The van der Waals surface area contributed by atoms with E-state index in [0.29, 0.717) is 0 Å². The van der Waals surface area contributed by atoms with Gasteiger partial charge in [-0.2, -0.15) is 0 Å². The normalized spacial score (nSPS) is 12.5. The van der Waals surface area contributed by atoms with E-state index in [0.717, 1.165) is 22.0 Å². The number of pyridine rings is 1. The van der Waals surface area contributed by atoms with Crippen LogP contribution >= 0.6 is 0 Å². The van der Waals surface area contributed by atoms with Crippen LogP contribution in [0.5, 0.6) is 0 Å². The summed E-state index contributed by atoms with van der Waals surface area (Å²) in [5, 5.41) is 1.05. The molecule has 0 aliphatic rings. The molecule has 0 saturated heterocycles. The van der Waals surface area contributed by atoms with Crippen LogP contribution in [0.4, 0.5) is 4.39 Å². The Kier molecular flexibility index (Phi) is 2.97. The summed E-state index contributed by atoms with van der Waals surface area (Å²) < 4.78 is 12.9.